The molecule has 0 aromatic carbocycles. The standard InChI is InChI=1S/CO2.Na.W/c2-1-3;;/q-1;+1;. The third-order valence-corrected chi connectivity index (χ3v) is 0. The quantitative estimate of drug-likeness (QED) is 0.410. The third-order valence-electron chi connectivity index (χ3n) is 0. The van der Waals surface area contributed by atoms with Crippen molar-refractivity contribution < 1.29 is 59.3 Å². The fraction of sp³-hybridized carbons (Fsp3) is 0. The minimum atomic E-state index is -1.000. The van der Waals surface area contributed by atoms with E-state index >= 15 is 0 Å². The molecular weight excluding hydrogens is 251 g/mol. The second kappa shape index (κ2) is 5.16. The first-order chi connectivity index (χ1) is 1.73. The average molecular weight is 251 g/mol. The van der Waals surface area contributed by atoms with Crippen LogP contribution < -0.4 is 34.7 Å². The van der Waals surface area contributed by atoms with E-state index in [-0.39, 0.29) is 29.6 Å². The van der Waals surface area contributed by atoms with E-state index in [0.717, 1.165) is 0 Å². The van der Waals surface area contributed by atoms with Crippen LogP contribution in [0.15, 0.2) is 0 Å². The molecule has 0 radical (unpaired) electrons. The second-order valence-electron chi connectivity index (χ2n) is 0.250. The molecule has 0 saturated heterocycles. The summed E-state index contributed by atoms with van der Waals surface area (Å²) in [5.74, 6) is 0. The van der Waals surface area contributed by atoms with E-state index in [1.165, 1.54) is 0 Å². The molecule has 0 amide bonds. The Hall–Kier alpha value is 1.16. The molecule has 0 bridgehead atoms. The van der Waals surface area contributed by atoms with Crippen molar-refractivity contribution in [2.24, 2.45) is 0 Å². The molecule has 0 unspecified atom stereocenters. The van der Waals surface area contributed by atoms with Gasteiger partial charge in [0.25, 0.3) is 0 Å². The first-order valence-electron chi connectivity index (χ1n) is 0.612. The minimum Gasteiger partial charge on any atom is 1.00 e. The number of carbonyl (C=O) groups is 1. The Balaban J connectivity index is 0. The Morgan fingerprint density at radius 3 is 1.80 bits per heavy atom. The number of carbonyl (C=O) groups excluding carboxylic acids is 1. The summed E-state index contributed by atoms with van der Waals surface area (Å²) in [6.45, 7) is 0. The molecule has 0 aliphatic carbocycles. The molecule has 0 heterocycles. The van der Waals surface area contributed by atoms with Crippen molar-refractivity contribution >= 4 is 4.36 Å². The molecule has 0 N–H and O–H groups in total. The van der Waals surface area contributed by atoms with Gasteiger partial charge in [0.2, 0.25) is 0 Å². The van der Waals surface area contributed by atoms with Crippen molar-refractivity contribution in [3.63, 3.8) is 0 Å². The van der Waals surface area contributed by atoms with Gasteiger partial charge in [-0.1, -0.05) is 0 Å². The number of rotatable bonds is 0. The predicted octanol–water partition coefficient (Wildman–Crippen LogP) is -4.12. The van der Waals surface area contributed by atoms with Gasteiger partial charge in [0.15, 0.2) is 0 Å². The normalized spacial score (nSPS) is 4.80. The van der Waals surface area contributed by atoms with E-state index in [2.05, 4.69) is 0 Å². The van der Waals surface area contributed by atoms with E-state index in [1.807, 2.05) is 0 Å². The smallest absolute Gasteiger partial charge is 1.00 e. The average Bonchev–Trinajstić information content (AvgIpc) is 0.811. The third kappa shape index (κ3) is 38.4. The molecule has 0 aliphatic rings. The van der Waals surface area contributed by atoms with Crippen molar-refractivity contribution in [3.8, 4) is 0 Å². The molecule has 0 aliphatic heterocycles. The van der Waals surface area contributed by atoms with Gasteiger partial charge in [-0.05, 0) is 0 Å². The molecular formula is CNaO2W. The minimum absolute atomic E-state index is 0. The van der Waals surface area contributed by atoms with Crippen LogP contribution in [0.3, 0.4) is 0 Å². The molecule has 0 saturated carbocycles. The van der Waals surface area contributed by atoms with Crippen LogP contribution in [0.25, 0.3) is 0 Å². The maximum Gasteiger partial charge on any atom is 1.00 e. The summed E-state index contributed by atoms with van der Waals surface area (Å²) in [6, 6.07) is 0. The van der Waals surface area contributed by atoms with E-state index < -0.39 is 4.36 Å². The van der Waals surface area contributed by atoms with Gasteiger partial charge < -0.3 is 0 Å². The second-order valence-corrected chi connectivity index (χ2v) is 1.45. The van der Waals surface area contributed by atoms with Crippen LogP contribution in [-0.4, -0.2) is 4.36 Å². The summed E-state index contributed by atoms with van der Waals surface area (Å²) in [5.41, 5.74) is 0. The van der Waals surface area contributed by atoms with E-state index in [4.69, 9.17) is 9.90 Å². The van der Waals surface area contributed by atoms with E-state index in [0.29, 0.717) is 19.8 Å². The molecule has 0 spiro atoms. The first-order valence-corrected chi connectivity index (χ1v) is 2.08. The Morgan fingerprint density at radius 2 is 1.80 bits per heavy atom. The fourth-order valence-corrected chi connectivity index (χ4v) is 0. The van der Waals surface area contributed by atoms with Crippen molar-refractivity contribution in [3.05, 3.63) is 0 Å². The van der Waals surface area contributed by atoms with Gasteiger partial charge in [0, 0.05) is 0 Å². The van der Waals surface area contributed by atoms with Gasteiger partial charge in [-0.15, -0.1) is 0 Å². The molecule has 23 valence electrons. The Morgan fingerprint density at radius 1 is 1.80 bits per heavy atom. The molecule has 2 nitrogen and oxygen atoms in total. The monoisotopic (exact) mass is 251 g/mol. The van der Waals surface area contributed by atoms with Gasteiger partial charge in [-0.25, -0.2) is 0 Å². The maximum absolute atomic E-state index is 8.93. The summed E-state index contributed by atoms with van der Waals surface area (Å²) >= 11 is 0.481. The summed E-state index contributed by atoms with van der Waals surface area (Å²) in [4.78, 5) is 8.93. The van der Waals surface area contributed by atoms with Crippen molar-refractivity contribution in [1.82, 2.24) is 0 Å². The molecule has 0 aromatic heterocycles. The molecule has 0 atom stereocenters. The van der Waals surface area contributed by atoms with Crippen LogP contribution >= 0.6 is 0 Å². The molecule has 0 fully saturated rings. The number of hydrogen-bond donors (Lipinski definition) is 0. The Labute approximate surface area is 63.1 Å². The molecule has 0 aromatic rings. The van der Waals surface area contributed by atoms with Crippen molar-refractivity contribution in [1.29, 1.82) is 0 Å². The zero-order chi connectivity index (χ0) is 3.58. The summed E-state index contributed by atoms with van der Waals surface area (Å²) in [5, 5.41) is 8.93. The number of hydrogen-bond acceptors (Lipinski definition) is 2. The van der Waals surface area contributed by atoms with E-state index in [1.54, 1.807) is 0 Å². The van der Waals surface area contributed by atoms with Crippen LogP contribution in [0.4, 0.5) is 4.79 Å². The van der Waals surface area contributed by atoms with Crippen LogP contribution in [0.5, 0.6) is 0 Å². The SMILES string of the molecule is O=[C]([O-])[W].[Na+]. The molecule has 0 rings (SSSR count). The first kappa shape index (κ1) is 9.48. The maximum atomic E-state index is 8.93. The molecule has 4 heteroatoms. The van der Waals surface area contributed by atoms with Gasteiger partial charge >= 0.3 is 63.6 Å². The van der Waals surface area contributed by atoms with Crippen LogP contribution in [-0.2, 0) is 19.8 Å². The van der Waals surface area contributed by atoms with Crippen LogP contribution in [0.1, 0.15) is 0 Å². The zero-order valence-corrected chi connectivity index (χ0v) is 7.66. The van der Waals surface area contributed by atoms with Gasteiger partial charge in [0.1, 0.15) is 0 Å². The zero-order valence-electron chi connectivity index (χ0n) is 2.72. The summed E-state index contributed by atoms with van der Waals surface area (Å²) in [6.07, 6.45) is 0. The van der Waals surface area contributed by atoms with Gasteiger partial charge in [-0.3, -0.25) is 0 Å². The summed E-state index contributed by atoms with van der Waals surface area (Å²) in [7, 11) is 0. The van der Waals surface area contributed by atoms with Gasteiger partial charge in [0.05, 0.1) is 0 Å². The largest absolute Gasteiger partial charge is 1.00 e. The van der Waals surface area contributed by atoms with Crippen molar-refractivity contribution in [2.75, 3.05) is 0 Å². The van der Waals surface area contributed by atoms with Crippen molar-refractivity contribution in [2.45, 2.75) is 0 Å². The topological polar surface area (TPSA) is 40.1 Å². The number of carboxylic acid groups (broad SMARTS) is 1. The predicted molar refractivity (Wildman–Crippen MR) is 5.40 cm³/mol. The van der Waals surface area contributed by atoms with Crippen LogP contribution in [0, 0.1) is 0 Å². The summed E-state index contributed by atoms with van der Waals surface area (Å²) < 4.78 is -1.000. The van der Waals surface area contributed by atoms with Crippen LogP contribution in [0.2, 0.25) is 0 Å². The van der Waals surface area contributed by atoms with Gasteiger partial charge in [-0.2, -0.15) is 0 Å². The molecule has 5 heavy (non-hydrogen) atoms. The Bertz CT molecular complexity index is 32.6. The van der Waals surface area contributed by atoms with E-state index in [9.17, 15) is 0 Å². The fourth-order valence-electron chi connectivity index (χ4n) is 0. The Kier molecular flexibility index (Phi) is 9.78.